The van der Waals surface area contributed by atoms with Crippen molar-refractivity contribution in [2.45, 2.75) is 44.0 Å². The van der Waals surface area contributed by atoms with Crippen LogP contribution in [0.3, 0.4) is 0 Å². The van der Waals surface area contributed by atoms with Gasteiger partial charge in [-0.05, 0) is 18.9 Å². The van der Waals surface area contributed by atoms with Gasteiger partial charge in [-0.25, -0.2) is 0 Å². The van der Waals surface area contributed by atoms with Crippen LogP contribution in [0.1, 0.15) is 43.8 Å². The molecule has 1 fully saturated rings. The summed E-state index contributed by atoms with van der Waals surface area (Å²) < 4.78 is 12.1. The Balaban J connectivity index is 2.00. The highest BCUT2D eigenvalue weighted by molar-refractivity contribution is 6.32. The van der Waals surface area contributed by atoms with Gasteiger partial charge in [0.15, 0.2) is 0 Å². The van der Waals surface area contributed by atoms with Crippen LogP contribution in [0.5, 0.6) is 5.75 Å². The Bertz CT molecular complexity index is 441. The van der Waals surface area contributed by atoms with Gasteiger partial charge in [-0.1, -0.05) is 30.2 Å². The molecule has 0 saturated heterocycles. The van der Waals surface area contributed by atoms with Crippen molar-refractivity contribution in [2.24, 2.45) is 0 Å². The largest absolute Gasteiger partial charge is 0.460 e. The molecule has 1 aromatic rings. The summed E-state index contributed by atoms with van der Waals surface area (Å²) in [6, 6.07) is 5.57. The van der Waals surface area contributed by atoms with E-state index in [-0.39, 0.29) is 12.7 Å². The summed E-state index contributed by atoms with van der Waals surface area (Å²) in [4.78, 5) is 0. The maximum absolute atomic E-state index is 9.52. The molecule has 2 aliphatic rings. The molecule has 1 saturated carbocycles. The van der Waals surface area contributed by atoms with Crippen molar-refractivity contribution in [3.63, 3.8) is 0 Å². The van der Waals surface area contributed by atoms with Gasteiger partial charge in [0.2, 0.25) is 5.79 Å². The maximum atomic E-state index is 9.52. The maximum Gasteiger partial charge on any atom is 0.211 e. The molecule has 0 unspecified atom stereocenters. The normalized spacial score (nSPS) is 25.6. The van der Waals surface area contributed by atoms with Crippen molar-refractivity contribution >= 4 is 11.6 Å². The highest BCUT2D eigenvalue weighted by Crippen LogP contribution is 2.47. The first-order valence-electron chi connectivity index (χ1n) is 6.50. The second kappa shape index (κ2) is 4.72. The monoisotopic (exact) mass is 268 g/mol. The molecule has 3 rings (SSSR count). The number of fused-ring (bicyclic) bond motifs is 1. The van der Waals surface area contributed by atoms with Crippen LogP contribution in [0.25, 0.3) is 0 Å². The third-order valence-corrected chi connectivity index (χ3v) is 4.07. The Hall–Kier alpha value is -0.770. The Kier molecular flexibility index (Phi) is 3.22. The molecule has 1 aromatic carbocycles. The number of para-hydroxylation sites is 1. The number of hydrogen-bond donors (Lipinski definition) is 1. The Labute approximate surface area is 112 Å². The van der Waals surface area contributed by atoms with E-state index < -0.39 is 5.79 Å². The summed E-state index contributed by atoms with van der Waals surface area (Å²) in [5.41, 5.74) is 0.848. The van der Waals surface area contributed by atoms with Crippen LogP contribution in [0.2, 0.25) is 5.02 Å². The zero-order chi connectivity index (χ0) is 12.6. The van der Waals surface area contributed by atoms with Gasteiger partial charge in [0.25, 0.3) is 0 Å². The van der Waals surface area contributed by atoms with Crippen molar-refractivity contribution in [2.75, 3.05) is 6.61 Å². The summed E-state index contributed by atoms with van der Waals surface area (Å²) in [6.45, 7) is -0.0432. The number of benzene rings is 1. The van der Waals surface area contributed by atoms with Crippen LogP contribution >= 0.6 is 11.6 Å². The van der Waals surface area contributed by atoms with Gasteiger partial charge in [0, 0.05) is 18.4 Å². The fourth-order valence-electron chi connectivity index (χ4n) is 2.87. The van der Waals surface area contributed by atoms with Crippen molar-refractivity contribution < 1.29 is 14.6 Å². The average molecular weight is 269 g/mol. The van der Waals surface area contributed by atoms with Gasteiger partial charge in [-0.15, -0.1) is 0 Å². The summed E-state index contributed by atoms with van der Waals surface area (Å²) >= 11 is 6.20. The zero-order valence-corrected chi connectivity index (χ0v) is 10.9. The molecule has 1 spiro atoms. The highest BCUT2D eigenvalue weighted by Gasteiger charge is 2.43. The van der Waals surface area contributed by atoms with Gasteiger partial charge in [-0.2, -0.15) is 0 Å². The van der Waals surface area contributed by atoms with Crippen LogP contribution in [0, 0.1) is 0 Å². The lowest BCUT2D eigenvalue weighted by Gasteiger charge is -2.44. The molecule has 0 radical (unpaired) electrons. The number of aliphatic hydroxyl groups excluding tert-OH is 1. The SMILES string of the molecule is OC[C@@H]1OC2(CCCCC2)Oc2c(Cl)cccc21. The highest BCUT2D eigenvalue weighted by atomic mass is 35.5. The van der Waals surface area contributed by atoms with Gasteiger partial charge in [-0.3, -0.25) is 0 Å². The van der Waals surface area contributed by atoms with E-state index in [1.165, 1.54) is 6.42 Å². The minimum absolute atomic E-state index is 0.0432. The van der Waals surface area contributed by atoms with E-state index in [9.17, 15) is 5.11 Å². The molecule has 1 N–H and O–H groups in total. The first-order chi connectivity index (χ1) is 8.74. The first kappa shape index (κ1) is 12.3. The molecule has 1 aliphatic carbocycles. The molecule has 0 amide bonds. The lowest BCUT2D eigenvalue weighted by molar-refractivity contribution is -0.250. The first-order valence-corrected chi connectivity index (χ1v) is 6.88. The molecule has 0 aromatic heterocycles. The van der Waals surface area contributed by atoms with Crippen LogP contribution < -0.4 is 4.74 Å². The van der Waals surface area contributed by atoms with Gasteiger partial charge in [0.1, 0.15) is 11.9 Å². The fraction of sp³-hybridized carbons (Fsp3) is 0.571. The molecular weight excluding hydrogens is 252 g/mol. The van der Waals surface area contributed by atoms with Crippen LogP contribution in [-0.4, -0.2) is 17.5 Å². The molecule has 1 heterocycles. The van der Waals surface area contributed by atoms with E-state index in [1.54, 1.807) is 0 Å². The second-order valence-corrected chi connectivity index (χ2v) is 5.43. The Morgan fingerprint density at radius 2 is 2.06 bits per heavy atom. The third-order valence-electron chi connectivity index (χ3n) is 3.77. The Morgan fingerprint density at radius 1 is 1.28 bits per heavy atom. The van der Waals surface area contributed by atoms with Gasteiger partial charge < -0.3 is 14.6 Å². The molecule has 4 heteroatoms. The minimum Gasteiger partial charge on any atom is -0.460 e. The Morgan fingerprint density at radius 3 is 2.78 bits per heavy atom. The standard InChI is InChI=1S/C14H17ClO3/c15-11-6-4-5-10-12(9-16)17-14(18-13(10)11)7-2-1-3-8-14/h4-6,12,16H,1-3,7-9H2/t12-/m0/s1. The van der Waals surface area contributed by atoms with Crippen molar-refractivity contribution in [3.8, 4) is 5.75 Å². The fourth-order valence-corrected chi connectivity index (χ4v) is 3.09. The van der Waals surface area contributed by atoms with Crippen molar-refractivity contribution in [1.29, 1.82) is 0 Å². The van der Waals surface area contributed by atoms with Crippen molar-refractivity contribution in [3.05, 3.63) is 28.8 Å². The van der Waals surface area contributed by atoms with Gasteiger partial charge in [0.05, 0.1) is 11.6 Å². The van der Waals surface area contributed by atoms with Crippen LogP contribution in [0.15, 0.2) is 18.2 Å². The van der Waals surface area contributed by atoms with E-state index in [1.807, 2.05) is 18.2 Å². The van der Waals surface area contributed by atoms with E-state index in [2.05, 4.69) is 0 Å². The van der Waals surface area contributed by atoms with E-state index in [0.29, 0.717) is 10.8 Å². The molecule has 0 bridgehead atoms. The molecule has 3 nitrogen and oxygen atoms in total. The predicted molar refractivity (Wildman–Crippen MR) is 68.8 cm³/mol. The quantitative estimate of drug-likeness (QED) is 0.848. The third kappa shape index (κ3) is 2.00. The van der Waals surface area contributed by atoms with E-state index in [0.717, 1.165) is 31.2 Å². The average Bonchev–Trinajstić information content (AvgIpc) is 2.40. The second-order valence-electron chi connectivity index (χ2n) is 5.02. The number of halogens is 1. The molecule has 1 atom stereocenters. The van der Waals surface area contributed by atoms with Gasteiger partial charge >= 0.3 is 0 Å². The summed E-state index contributed by atoms with van der Waals surface area (Å²) in [7, 11) is 0. The topological polar surface area (TPSA) is 38.7 Å². The summed E-state index contributed by atoms with van der Waals surface area (Å²) in [5.74, 6) is 0.107. The van der Waals surface area contributed by atoms with Crippen LogP contribution in [0.4, 0.5) is 0 Å². The molecule has 1 aliphatic heterocycles. The molecular formula is C14H17ClO3. The van der Waals surface area contributed by atoms with E-state index >= 15 is 0 Å². The number of rotatable bonds is 1. The lowest BCUT2D eigenvalue weighted by Crippen LogP contribution is -2.45. The minimum atomic E-state index is -0.580. The number of hydrogen-bond acceptors (Lipinski definition) is 3. The molecule has 98 valence electrons. The molecule has 18 heavy (non-hydrogen) atoms. The predicted octanol–water partition coefficient (Wildman–Crippen LogP) is 3.44. The lowest BCUT2D eigenvalue weighted by atomic mass is 9.92. The number of ether oxygens (including phenoxy) is 2. The number of aliphatic hydroxyl groups is 1. The van der Waals surface area contributed by atoms with Crippen LogP contribution in [-0.2, 0) is 4.74 Å². The summed E-state index contributed by atoms with van der Waals surface area (Å²) in [6.07, 6.45) is 4.82. The van der Waals surface area contributed by atoms with E-state index in [4.69, 9.17) is 21.1 Å². The zero-order valence-electron chi connectivity index (χ0n) is 10.2. The summed E-state index contributed by atoms with van der Waals surface area (Å²) in [5, 5.41) is 10.1. The van der Waals surface area contributed by atoms with Crippen molar-refractivity contribution in [1.82, 2.24) is 0 Å². The smallest absolute Gasteiger partial charge is 0.211 e.